The first kappa shape index (κ1) is 16.3. The highest BCUT2D eigenvalue weighted by Crippen LogP contribution is 2.62. The van der Waals surface area contributed by atoms with Gasteiger partial charge in [-0.1, -0.05) is 17.3 Å². The van der Waals surface area contributed by atoms with E-state index in [1.807, 2.05) is 0 Å². The van der Waals surface area contributed by atoms with Crippen LogP contribution in [-0.2, 0) is 6.18 Å². The Morgan fingerprint density at radius 1 is 1.30 bits per heavy atom. The second-order valence-electron chi connectivity index (χ2n) is 6.08. The fourth-order valence-corrected chi connectivity index (χ4v) is 3.26. The van der Waals surface area contributed by atoms with Gasteiger partial charge in [0.05, 0.1) is 5.56 Å². The maximum atomic E-state index is 12.8. The van der Waals surface area contributed by atoms with E-state index in [0.717, 1.165) is 38.1 Å². The quantitative estimate of drug-likeness (QED) is 0.902. The summed E-state index contributed by atoms with van der Waals surface area (Å²) in [5, 5.41) is 7.17. The summed E-state index contributed by atoms with van der Waals surface area (Å²) < 4.78 is 43.6. The molecule has 4 rings (SSSR count). The Kier molecular flexibility index (Phi) is 3.88. The van der Waals surface area contributed by atoms with Crippen LogP contribution in [0.15, 0.2) is 28.8 Å². The molecule has 2 aromatic rings. The lowest BCUT2D eigenvalue weighted by atomic mass is 10.0. The standard InChI is InChI=1S/C15H14F3N3O.ClH/c16-15(17,18)10-3-1-2-9(6-10)12-20-13(22-21-12)11-7-14(11)4-5-19-8-14;/h1-3,6,11,19H,4-5,7-8H2;1H. The molecule has 23 heavy (non-hydrogen) atoms. The number of alkyl halides is 3. The molecule has 4 nitrogen and oxygen atoms in total. The molecule has 0 amide bonds. The molecule has 2 aliphatic rings. The van der Waals surface area contributed by atoms with E-state index in [-0.39, 0.29) is 29.6 Å². The lowest BCUT2D eigenvalue weighted by Gasteiger charge is -2.06. The van der Waals surface area contributed by atoms with Gasteiger partial charge in [0.2, 0.25) is 11.7 Å². The van der Waals surface area contributed by atoms with Crippen molar-refractivity contribution in [3.63, 3.8) is 0 Å². The van der Waals surface area contributed by atoms with Crippen molar-refractivity contribution in [2.45, 2.75) is 24.9 Å². The Hall–Kier alpha value is -1.60. The highest BCUT2D eigenvalue weighted by molar-refractivity contribution is 5.85. The molecule has 2 unspecified atom stereocenters. The van der Waals surface area contributed by atoms with Crippen molar-refractivity contribution >= 4 is 12.4 Å². The van der Waals surface area contributed by atoms with Gasteiger partial charge in [0.25, 0.3) is 0 Å². The molecule has 1 N–H and O–H groups in total. The summed E-state index contributed by atoms with van der Waals surface area (Å²) in [7, 11) is 0. The Balaban J connectivity index is 0.00000156. The number of hydrogen-bond acceptors (Lipinski definition) is 4. The van der Waals surface area contributed by atoms with E-state index in [4.69, 9.17) is 4.52 Å². The van der Waals surface area contributed by atoms with Gasteiger partial charge < -0.3 is 9.84 Å². The SMILES string of the molecule is Cl.FC(F)(F)c1cccc(-c2noc(C3CC34CCNC4)n2)c1. The van der Waals surface area contributed by atoms with Gasteiger partial charge in [0.1, 0.15) is 0 Å². The average Bonchev–Trinajstić information content (AvgIpc) is 2.86. The molecule has 1 saturated heterocycles. The van der Waals surface area contributed by atoms with Gasteiger partial charge in [-0.15, -0.1) is 12.4 Å². The first-order chi connectivity index (χ1) is 10.5. The maximum Gasteiger partial charge on any atom is 0.416 e. The maximum absolute atomic E-state index is 12.8. The minimum absolute atomic E-state index is 0. The van der Waals surface area contributed by atoms with Gasteiger partial charge in [-0.2, -0.15) is 18.2 Å². The number of nitrogens with zero attached hydrogens (tertiary/aromatic N) is 2. The normalized spacial score (nSPS) is 26.3. The van der Waals surface area contributed by atoms with Crippen molar-refractivity contribution in [1.29, 1.82) is 0 Å². The molecule has 1 saturated carbocycles. The van der Waals surface area contributed by atoms with Crippen molar-refractivity contribution in [2.24, 2.45) is 5.41 Å². The third-order valence-corrected chi connectivity index (χ3v) is 4.65. The number of halogens is 4. The minimum Gasteiger partial charge on any atom is -0.339 e. The van der Waals surface area contributed by atoms with Crippen LogP contribution >= 0.6 is 12.4 Å². The predicted octanol–water partition coefficient (Wildman–Crippen LogP) is 3.64. The molecule has 2 heterocycles. The lowest BCUT2D eigenvalue weighted by Crippen LogP contribution is -2.10. The van der Waals surface area contributed by atoms with Gasteiger partial charge in [-0.05, 0) is 36.9 Å². The van der Waals surface area contributed by atoms with E-state index < -0.39 is 11.7 Å². The van der Waals surface area contributed by atoms with Crippen LogP contribution in [0.4, 0.5) is 13.2 Å². The Morgan fingerprint density at radius 2 is 2.13 bits per heavy atom. The van der Waals surface area contributed by atoms with Gasteiger partial charge in [0, 0.05) is 18.0 Å². The molecule has 2 atom stereocenters. The van der Waals surface area contributed by atoms with Crippen LogP contribution in [0.1, 0.15) is 30.2 Å². The molecule has 1 aromatic heterocycles. The molecule has 0 bridgehead atoms. The summed E-state index contributed by atoms with van der Waals surface area (Å²) in [5.41, 5.74) is -0.166. The van der Waals surface area contributed by atoms with E-state index in [1.54, 1.807) is 6.07 Å². The summed E-state index contributed by atoms with van der Waals surface area (Å²) in [6.45, 7) is 1.93. The molecular formula is C15H15ClF3N3O. The van der Waals surface area contributed by atoms with Crippen LogP contribution in [0.3, 0.4) is 0 Å². The highest BCUT2D eigenvalue weighted by atomic mass is 35.5. The number of aromatic nitrogens is 2. The second-order valence-corrected chi connectivity index (χ2v) is 6.08. The first-order valence-electron chi connectivity index (χ1n) is 7.20. The number of nitrogens with one attached hydrogen (secondary N) is 1. The van der Waals surface area contributed by atoms with Crippen LogP contribution in [0.2, 0.25) is 0 Å². The number of hydrogen-bond donors (Lipinski definition) is 1. The van der Waals surface area contributed by atoms with Crippen molar-refractivity contribution < 1.29 is 17.7 Å². The van der Waals surface area contributed by atoms with Crippen LogP contribution in [-0.4, -0.2) is 23.2 Å². The Labute approximate surface area is 136 Å². The molecule has 8 heteroatoms. The van der Waals surface area contributed by atoms with Crippen LogP contribution in [0.25, 0.3) is 11.4 Å². The fraction of sp³-hybridized carbons (Fsp3) is 0.467. The zero-order chi connectivity index (χ0) is 15.4. The lowest BCUT2D eigenvalue weighted by molar-refractivity contribution is -0.137. The second kappa shape index (κ2) is 5.49. The summed E-state index contributed by atoms with van der Waals surface area (Å²) in [4.78, 5) is 4.31. The summed E-state index contributed by atoms with van der Waals surface area (Å²) in [6.07, 6.45) is -2.29. The molecule has 1 spiro atoms. The summed E-state index contributed by atoms with van der Waals surface area (Å²) >= 11 is 0. The van der Waals surface area contributed by atoms with Crippen molar-refractivity contribution in [3.8, 4) is 11.4 Å². The predicted molar refractivity (Wildman–Crippen MR) is 79.3 cm³/mol. The average molecular weight is 346 g/mol. The summed E-state index contributed by atoms with van der Waals surface area (Å²) in [5.74, 6) is 0.986. The van der Waals surface area contributed by atoms with Gasteiger partial charge in [-0.3, -0.25) is 0 Å². The summed E-state index contributed by atoms with van der Waals surface area (Å²) in [6, 6.07) is 5.00. The topological polar surface area (TPSA) is 51.0 Å². The van der Waals surface area contributed by atoms with Crippen LogP contribution < -0.4 is 5.32 Å². The monoisotopic (exact) mass is 345 g/mol. The van der Waals surface area contributed by atoms with Crippen LogP contribution in [0, 0.1) is 5.41 Å². The number of benzene rings is 1. The zero-order valence-electron chi connectivity index (χ0n) is 12.1. The molecule has 1 aromatic carbocycles. The third-order valence-electron chi connectivity index (χ3n) is 4.65. The molecular weight excluding hydrogens is 331 g/mol. The van der Waals surface area contributed by atoms with Crippen LogP contribution in [0.5, 0.6) is 0 Å². The van der Waals surface area contributed by atoms with E-state index in [1.165, 1.54) is 6.07 Å². The largest absolute Gasteiger partial charge is 0.416 e. The highest BCUT2D eigenvalue weighted by Gasteiger charge is 2.58. The molecule has 1 aliphatic carbocycles. The van der Waals surface area contributed by atoms with Gasteiger partial charge >= 0.3 is 6.18 Å². The van der Waals surface area contributed by atoms with E-state index in [0.29, 0.717) is 11.5 Å². The van der Waals surface area contributed by atoms with Crippen molar-refractivity contribution in [1.82, 2.24) is 15.5 Å². The first-order valence-corrected chi connectivity index (χ1v) is 7.20. The van der Waals surface area contributed by atoms with Gasteiger partial charge in [0.15, 0.2) is 0 Å². The number of rotatable bonds is 2. The van der Waals surface area contributed by atoms with E-state index in [9.17, 15) is 13.2 Å². The third kappa shape index (κ3) is 2.83. The Morgan fingerprint density at radius 3 is 2.83 bits per heavy atom. The minimum atomic E-state index is -4.38. The molecule has 2 fully saturated rings. The van der Waals surface area contributed by atoms with E-state index in [2.05, 4.69) is 15.5 Å². The molecule has 1 aliphatic heterocycles. The molecule has 0 radical (unpaired) electrons. The van der Waals surface area contributed by atoms with Gasteiger partial charge in [-0.25, -0.2) is 0 Å². The Bertz CT molecular complexity index is 710. The van der Waals surface area contributed by atoms with E-state index >= 15 is 0 Å². The van der Waals surface area contributed by atoms with Crippen molar-refractivity contribution in [3.05, 3.63) is 35.7 Å². The smallest absolute Gasteiger partial charge is 0.339 e. The van der Waals surface area contributed by atoms with Crippen molar-refractivity contribution in [2.75, 3.05) is 13.1 Å². The molecule has 124 valence electrons. The zero-order valence-corrected chi connectivity index (χ0v) is 12.9. The fourth-order valence-electron chi connectivity index (χ4n) is 3.26.